The Morgan fingerprint density at radius 1 is 1.48 bits per heavy atom. The van der Waals surface area contributed by atoms with Crippen molar-refractivity contribution in [2.75, 3.05) is 13.7 Å². The standard InChI is InChI=1S/C16H14BrNO5S.CH4/c1-3-23-16(20)11-13(19)7-4-5-8(17)14(22-2)12(7)18-9-6-10(9)24(21)15(11)18;/h4-5,9-10H,3,6H2,1-2H3;1H4. The van der Waals surface area contributed by atoms with Crippen molar-refractivity contribution < 1.29 is 18.8 Å². The van der Waals surface area contributed by atoms with Gasteiger partial charge in [-0.05, 0) is 35.0 Å². The number of methoxy groups -OCH3 is 1. The molecule has 2 heterocycles. The van der Waals surface area contributed by atoms with Crippen molar-refractivity contribution in [2.24, 2.45) is 0 Å². The first-order valence-corrected chi connectivity index (χ1v) is 9.54. The Labute approximate surface area is 156 Å². The molecule has 2 aliphatic rings. The van der Waals surface area contributed by atoms with E-state index in [9.17, 15) is 14.1 Å². The van der Waals surface area contributed by atoms with E-state index in [1.54, 1.807) is 19.1 Å². The number of nitrogens with zero attached hydrogens (tertiary/aromatic N) is 1. The number of halogens is 1. The summed E-state index contributed by atoms with van der Waals surface area (Å²) < 4.78 is 25.8. The maximum Gasteiger partial charge on any atom is 0.349 e. The summed E-state index contributed by atoms with van der Waals surface area (Å²) in [4.78, 5) is 25.3. The van der Waals surface area contributed by atoms with Gasteiger partial charge in [-0.15, -0.1) is 0 Å². The highest BCUT2D eigenvalue weighted by Crippen LogP contribution is 2.54. The van der Waals surface area contributed by atoms with Crippen LogP contribution in [0.5, 0.6) is 5.75 Å². The second kappa shape index (κ2) is 6.34. The summed E-state index contributed by atoms with van der Waals surface area (Å²) in [5.41, 5.74) is 0.00711. The molecule has 25 heavy (non-hydrogen) atoms. The van der Waals surface area contributed by atoms with Crippen LogP contribution in [0.1, 0.15) is 37.2 Å². The Morgan fingerprint density at radius 2 is 2.20 bits per heavy atom. The first-order valence-electron chi connectivity index (χ1n) is 7.53. The number of hydrogen-bond donors (Lipinski definition) is 0. The smallest absolute Gasteiger partial charge is 0.349 e. The molecule has 0 saturated heterocycles. The van der Waals surface area contributed by atoms with Crippen LogP contribution >= 0.6 is 15.9 Å². The van der Waals surface area contributed by atoms with Crippen LogP contribution in [0, 0.1) is 0 Å². The van der Waals surface area contributed by atoms with Gasteiger partial charge in [0.15, 0.2) is 11.3 Å². The number of benzene rings is 1. The van der Waals surface area contributed by atoms with E-state index in [4.69, 9.17) is 9.47 Å². The summed E-state index contributed by atoms with van der Waals surface area (Å²) in [6.07, 6.45) is 0.773. The molecule has 134 valence electrons. The van der Waals surface area contributed by atoms with Crippen LogP contribution in [0.4, 0.5) is 0 Å². The van der Waals surface area contributed by atoms with Gasteiger partial charge in [-0.25, -0.2) is 4.79 Å². The first kappa shape index (κ1) is 18.3. The Hall–Kier alpha value is -1.51. The summed E-state index contributed by atoms with van der Waals surface area (Å²) >= 11 is 2.03. The van der Waals surface area contributed by atoms with Gasteiger partial charge in [-0.2, -0.15) is 0 Å². The van der Waals surface area contributed by atoms with Gasteiger partial charge in [0.1, 0.15) is 10.8 Å². The van der Waals surface area contributed by atoms with E-state index in [-0.39, 0.29) is 35.9 Å². The lowest BCUT2D eigenvalue weighted by atomic mass is 10.1. The lowest BCUT2D eigenvalue weighted by Gasteiger charge is -2.17. The van der Waals surface area contributed by atoms with Gasteiger partial charge in [-0.3, -0.25) is 9.36 Å². The van der Waals surface area contributed by atoms with Crippen molar-refractivity contribution >= 4 is 44.0 Å². The largest absolute Gasteiger partial charge is 0.610 e. The molecule has 6 nitrogen and oxygen atoms in total. The topological polar surface area (TPSA) is 80.6 Å². The van der Waals surface area contributed by atoms with Crippen LogP contribution in [0.15, 0.2) is 26.4 Å². The molecule has 0 spiro atoms. The number of carbonyl (C=O) groups excluding carboxylic acids is 1. The third-order valence-corrected chi connectivity index (χ3v) is 6.87. The summed E-state index contributed by atoms with van der Waals surface area (Å²) in [6.45, 7) is 1.82. The second-order valence-corrected chi connectivity index (χ2v) is 8.16. The lowest BCUT2D eigenvalue weighted by Crippen LogP contribution is -2.26. The number of aromatic nitrogens is 1. The zero-order valence-electron chi connectivity index (χ0n) is 13.0. The summed E-state index contributed by atoms with van der Waals surface area (Å²) in [5, 5.41) is 0.585. The Bertz CT molecular complexity index is 941. The van der Waals surface area contributed by atoms with Gasteiger partial charge < -0.3 is 14.0 Å². The third-order valence-electron chi connectivity index (χ3n) is 4.41. The van der Waals surface area contributed by atoms with Crippen LogP contribution in [0.3, 0.4) is 0 Å². The summed E-state index contributed by atoms with van der Waals surface area (Å²) in [6, 6.07) is 3.39. The molecule has 1 fully saturated rings. The Morgan fingerprint density at radius 3 is 2.84 bits per heavy atom. The molecule has 0 N–H and O–H groups in total. The van der Waals surface area contributed by atoms with Gasteiger partial charge >= 0.3 is 5.97 Å². The highest BCUT2D eigenvalue weighted by Gasteiger charge is 2.60. The van der Waals surface area contributed by atoms with Crippen molar-refractivity contribution in [3.63, 3.8) is 0 Å². The zero-order chi connectivity index (χ0) is 17.2. The van der Waals surface area contributed by atoms with Gasteiger partial charge in [-0.1, -0.05) is 7.43 Å². The number of carbonyl (C=O) groups is 1. The van der Waals surface area contributed by atoms with E-state index in [1.165, 1.54) is 7.11 Å². The van der Waals surface area contributed by atoms with Crippen LogP contribution in [-0.2, 0) is 15.9 Å². The zero-order valence-corrected chi connectivity index (χ0v) is 15.4. The lowest BCUT2D eigenvalue weighted by molar-refractivity contribution is 0.0518. The summed E-state index contributed by atoms with van der Waals surface area (Å²) in [5.74, 6) is -0.213. The molecule has 3 unspecified atom stereocenters. The molecule has 0 amide bonds. The molecular weight excluding hydrogens is 410 g/mol. The van der Waals surface area contributed by atoms with Gasteiger partial charge in [0.2, 0.25) is 10.5 Å². The number of pyridine rings is 1. The maximum absolute atomic E-state index is 12.9. The minimum atomic E-state index is -1.40. The molecule has 1 aliphatic carbocycles. The third kappa shape index (κ3) is 2.42. The van der Waals surface area contributed by atoms with Crippen molar-refractivity contribution in [1.82, 2.24) is 4.57 Å². The number of rotatable bonds is 3. The molecule has 4 rings (SSSR count). The SMILES string of the molecule is C.CCOC(=O)c1c2n(c3c(OC)c(Br)ccc3c1=O)C1CC1[S+]2[O-]. The molecule has 3 atom stereocenters. The van der Waals surface area contributed by atoms with E-state index in [0.717, 1.165) is 6.42 Å². The van der Waals surface area contributed by atoms with E-state index in [0.29, 0.717) is 21.1 Å². The molecule has 1 aliphatic heterocycles. The quantitative estimate of drug-likeness (QED) is 0.555. The molecule has 1 saturated carbocycles. The minimum Gasteiger partial charge on any atom is -0.610 e. The predicted molar refractivity (Wildman–Crippen MR) is 99.0 cm³/mol. The molecule has 0 radical (unpaired) electrons. The maximum atomic E-state index is 12.9. The van der Waals surface area contributed by atoms with E-state index in [1.807, 2.05) is 4.57 Å². The number of ether oxygens (including phenoxy) is 2. The average Bonchev–Trinajstić information content (AvgIpc) is 3.29. The van der Waals surface area contributed by atoms with E-state index in [2.05, 4.69) is 15.9 Å². The van der Waals surface area contributed by atoms with E-state index >= 15 is 0 Å². The van der Waals surface area contributed by atoms with Crippen molar-refractivity contribution in [2.45, 2.75) is 37.1 Å². The molecule has 1 aromatic carbocycles. The van der Waals surface area contributed by atoms with Gasteiger partial charge in [0.25, 0.3) is 0 Å². The second-order valence-electron chi connectivity index (χ2n) is 5.72. The van der Waals surface area contributed by atoms with Crippen LogP contribution in [0.25, 0.3) is 10.9 Å². The first-order chi connectivity index (χ1) is 11.5. The predicted octanol–water partition coefficient (Wildman–Crippen LogP) is 3.02. The molecular formula is C17H18BrNO5S. The molecule has 2 aromatic rings. The highest BCUT2D eigenvalue weighted by molar-refractivity contribution is 9.10. The number of esters is 1. The highest BCUT2D eigenvalue weighted by atomic mass is 79.9. The Balaban J connectivity index is 0.00000182. The molecule has 0 bridgehead atoms. The van der Waals surface area contributed by atoms with E-state index < -0.39 is 22.6 Å². The van der Waals surface area contributed by atoms with Gasteiger partial charge in [0, 0.05) is 17.6 Å². The fourth-order valence-electron chi connectivity index (χ4n) is 3.32. The fourth-order valence-corrected chi connectivity index (χ4v) is 5.66. The van der Waals surface area contributed by atoms with Crippen molar-refractivity contribution in [1.29, 1.82) is 0 Å². The fraction of sp³-hybridized carbons (Fsp3) is 0.412. The minimum absolute atomic E-state index is 0. The number of hydrogen-bond acceptors (Lipinski definition) is 5. The number of fused-ring (bicyclic) bond motifs is 5. The average molecular weight is 428 g/mol. The monoisotopic (exact) mass is 427 g/mol. The normalized spacial score (nSPS) is 22.8. The Kier molecular flexibility index (Phi) is 4.63. The van der Waals surface area contributed by atoms with Gasteiger partial charge in [0.05, 0.1) is 29.6 Å². The summed E-state index contributed by atoms with van der Waals surface area (Å²) in [7, 11) is 1.52. The molecule has 8 heteroatoms. The van der Waals surface area contributed by atoms with Crippen LogP contribution in [0.2, 0.25) is 0 Å². The van der Waals surface area contributed by atoms with Crippen LogP contribution in [-0.4, -0.2) is 34.1 Å². The van der Waals surface area contributed by atoms with Crippen LogP contribution < -0.4 is 10.2 Å². The van der Waals surface area contributed by atoms with Crippen molar-refractivity contribution in [3.8, 4) is 5.75 Å². The molecule has 1 aromatic heterocycles. The van der Waals surface area contributed by atoms with Crippen molar-refractivity contribution in [3.05, 3.63) is 32.4 Å².